The third kappa shape index (κ3) is 3.93. The fourth-order valence-corrected chi connectivity index (χ4v) is 2.26. The summed E-state index contributed by atoms with van der Waals surface area (Å²) in [5.41, 5.74) is 3.14. The summed E-state index contributed by atoms with van der Waals surface area (Å²) in [6, 6.07) is 12.7. The van der Waals surface area contributed by atoms with Crippen LogP contribution in [-0.4, -0.2) is 11.1 Å². The zero-order valence-electron chi connectivity index (χ0n) is 11.6. The normalized spacial score (nSPS) is 9.95. The van der Waals surface area contributed by atoms with Crippen LogP contribution >= 0.6 is 15.9 Å². The lowest BCUT2D eigenvalue weighted by Gasteiger charge is -2.10. The highest BCUT2D eigenvalue weighted by molar-refractivity contribution is 9.09. The van der Waals surface area contributed by atoms with Gasteiger partial charge >= 0.3 is 0 Å². The van der Waals surface area contributed by atoms with Crippen LogP contribution in [-0.2, 0) is 6.61 Å². The number of ketones is 1. The van der Waals surface area contributed by atoms with Gasteiger partial charge in [-0.15, -0.1) is 0 Å². The number of halogens is 1. The molecular formula is C17H14BrNO2. The quantitative estimate of drug-likeness (QED) is 0.447. The van der Waals surface area contributed by atoms with Gasteiger partial charge < -0.3 is 4.74 Å². The first-order valence-electron chi connectivity index (χ1n) is 6.43. The zero-order chi connectivity index (χ0) is 15.2. The lowest BCUT2D eigenvalue weighted by Crippen LogP contribution is -2.02. The van der Waals surface area contributed by atoms with Crippen molar-refractivity contribution in [2.45, 2.75) is 13.5 Å². The summed E-state index contributed by atoms with van der Waals surface area (Å²) >= 11 is 3.16. The van der Waals surface area contributed by atoms with Crippen LogP contribution in [0, 0.1) is 13.5 Å². The molecule has 3 nitrogen and oxygen atoms in total. The van der Waals surface area contributed by atoms with Gasteiger partial charge in [0.2, 0.25) is 0 Å². The molecule has 0 unspecified atom stereocenters. The topological polar surface area (TPSA) is 30.7 Å². The van der Waals surface area contributed by atoms with E-state index in [1.165, 1.54) is 0 Å². The van der Waals surface area contributed by atoms with Crippen molar-refractivity contribution in [1.29, 1.82) is 0 Å². The van der Waals surface area contributed by atoms with E-state index in [-0.39, 0.29) is 5.78 Å². The van der Waals surface area contributed by atoms with Gasteiger partial charge in [0, 0.05) is 5.56 Å². The van der Waals surface area contributed by atoms with E-state index in [9.17, 15) is 4.79 Å². The van der Waals surface area contributed by atoms with Crippen molar-refractivity contribution >= 4 is 27.4 Å². The molecule has 0 radical (unpaired) electrons. The first-order chi connectivity index (χ1) is 10.1. The summed E-state index contributed by atoms with van der Waals surface area (Å²) in [6.07, 6.45) is 0. The highest BCUT2D eigenvalue weighted by Crippen LogP contribution is 2.22. The molecule has 2 rings (SSSR count). The zero-order valence-corrected chi connectivity index (χ0v) is 13.2. The molecule has 0 aromatic heterocycles. The molecule has 0 saturated carbocycles. The average molecular weight is 344 g/mol. The van der Waals surface area contributed by atoms with Gasteiger partial charge in [-0.3, -0.25) is 4.79 Å². The van der Waals surface area contributed by atoms with Crippen molar-refractivity contribution in [2.75, 3.05) is 5.33 Å². The van der Waals surface area contributed by atoms with E-state index >= 15 is 0 Å². The maximum absolute atomic E-state index is 11.6. The predicted molar refractivity (Wildman–Crippen MR) is 86.3 cm³/mol. The van der Waals surface area contributed by atoms with Crippen LogP contribution in [0.1, 0.15) is 21.5 Å². The summed E-state index contributed by atoms with van der Waals surface area (Å²) in [7, 11) is 0. The van der Waals surface area contributed by atoms with E-state index in [4.69, 9.17) is 11.3 Å². The molecule has 0 saturated heterocycles. The lowest BCUT2D eigenvalue weighted by molar-refractivity contribution is 0.102. The largest absolute Gasteiger partial charge is 0.489 e. The molecular weight excluding hydrogens is 330 g/mol. The number of hydrogen-bond donors (Lipinski definition) is 0. The van der Waals surface area contributed by atoms with E-state index in [0.29, 0.717) is 23.2 Å². The molecule has 0 N–H and O–H groups in total. The van der Waals surface area contributed by atoms with Gasteiger partial charge in [0.15, 0.2) is 11.5 Å². The van der Waals surface area contributed by atoms with Crippen LogP contribution in [0.25, 0.3) is 4.85 Å². The van der Waals surface area contributed by atoms with Crippen molar-refractivity contribution in [1.82, 2.24) is 0 Å². The van der Waals surface area contributed by atoms with Gasteiger partial charge in [0.1, 0.15) is 12.4 Å². The van der Waals surface area contributed by atoms with Gasteiger partial charge in [-0.25, -0.2) is 4.85 Å². The summed E-state index contributed by atoms with van der Waals surface area (Å²) in [4.78, 5) is 15.0. The highest BCUT2D eigenvalue weighted by Gasteiger charge is 2.07. The Labute approximate surface area is 132 Å². The van der Waals surface area contributed by atoms with Crippen LogP contribution in [0.2, 0.25) is 0 Å². The molecule has 0 bridgehead atoms. The molecule has 2 aromatic carbocycles. The van der Waals surface area contributed by atoms with E-state index in [1.807, 2.05) is 37.3 Å². The Kier molecular flexibility index (Phi) is 5.13. The Hall–Kier alpha value is -2.12. The maximum atomic E-state index is 11.6. The fourth-order valence-electron chi connectivity index (χ4n) is 1.94. The smallest absolute Gasteiger partial charge is 0.187 e. The minimum atomic E-state index is 0.0504. The molecule has 0 aliphatic rings. The van der Waals surface area contributed by atoms with Gasteiger partial charge in [0.25, 0.3) is 0 Å². The molecule has 0 amide bonds. The van der Waals surface area contributed by atoms with E-state index in [2.05, 4.69) is 20.8 Å². The Balaban J connectivity index is 2.10. The van der Waals surface area contributed by atoms with Gasteiger partial charge in [0.05, 0.1) is 11.9 Å². The predicted octanol–water partition coefficient (Wildman–Crippen LogP) is 4.70. The number of alkyl halides is 1. The Bertz CT molecular complexity index is 704. The van der Waals surface area contributed by atoms with Crippen LogP contribution in [0.3, 0.4) is 0 Å². The first-order valence-corrected chi connectivity index (χ1v) is 7.55. The van der Waals surface area contributed by atoms with Gasteiger partial charge in [-0.1, -0.05) is 34.1 Å². The van der Waals surface area contributed by atoms with Gasteiger partial charge in [-0.05, 0) is 42.3 Å². The number of Topliss-reactive ketones (excluding diaryl/α,β-unsaturated/α-hetero) is 1. The number of nitrogens with zero attached hydrogens (tertiary/aromatic N) is 1. The van der Waals surface area contributed by atoms with E-state index in [0.717, 1.165) is 16.9 Å². The second-order valence-electron chi connectivity index (χ2n) is 4.61. The molecule has 2 aromatic rings. The Morgan fingerprint density at radius 3 is 2.76 bits per heavy atom. The van der Waals surface area contributed by atoms with Crippen LogP contribution in [0.15, 0.2) is 42.5 Å². The summed E-state index contributed by atoms with van der Waals surface area (Å²) in [5.74, 6) is 0.795. The minimum Gasteiger partial charge on any atom is -0.489 e. The third-order valence-corrected chi connectivity index (χ3v) is 3.56. The average Bonchev–Trinajstić information content (AvgIpc) is 2.53. The summed E-state index contributed by atoms with van der Waals surface area (Å²) in [5, 5.41) is 0.316. The van der Waals surface area contributed by atoms with Gasteiger partial charge in [-0.2, -0.15) is 0 Å². The summed E-state index contributed by atoms with van der Waals surface area (Å²) in [6.45, 7) is 9.31. The number of benzene rings is 2. The SMILES string of the molecule is [C-]#[N+]c1cccc(COc2ccc(C(=O)CBr)cc2C)c1. The van der Waals surface area contributed by atoms with Crippen LogP contribution < -0.4 is 4.74 Å². The molecule has 0 aliphatic carbocycles. The molecule has 106 valence electrons. The maximum Gasteiger partial charge on any atom is 0.187 e. The monoisotopic (exact) mass is 343 g/mol. The summed E-state index contributed by atoms with van der Waals surface area (Å²) < 4.78 is 5.76. The second-order valence-corrected chi connectivity index (χ2v) is 5.17. The number of aryl methyl sites for hydroxylation is 1. The Morgan fingerprint density at radius 1 is 1.29 bits per heavy atom. The first kappa shape index (κ1) is 15.3. The molecule has 0 heterocycles. The van der Waals surface area contributed by atoms with E-state index in [1.54, 1.807) is 12.1 Å². The fraction of sp³-hybridized carbons (Fsp3) is 0.176. The van der Waals surface area contributed by atoms with Crippen molar-refractivity contribution < 1.29 is 9.53 Å². The Morgan fingerprint density at radius 2 is 2.10 bits per heavy atom. The molecule has 0 spiro atoms. The molecule has 21 heavy (non-hydrogen) atoms. The molecule has 0 aliphatic heterocycles. The number of hydrogen-bond acceptors (Lipinski definition) is 2. The highest BCUT2D eigenvalue weighted by atomic mass is 79.9. The van der Waals surface area contributed by atoms with Crippen LogP contribution in [0.4, 0.5) is 5.69 Å². The van der Waals surface area contributed by atoms with Crippen molar-refractivity contribution in [3.05, 3.63) is 70.6 Å². The van der Waals surface area contributed by atoms with Crippen molar-refractivity contribution in [3.63, 3.8) is 0 Å². The number of rotatable bonds is 5. The number of ether oxygens (including phenoxy) is 1. The second kappa shape index (κ2) is 7.05. The van der Waals surface area contributed by atoms with Crippen molar-refractivity contribution in [2.24, 2.45) is 0 Å². The number of carbonyl (C=O) groups is 1. The molecule has 0 atom stereocenters. The molecule has 0 fully saturated rings. The third-order valence-electron chi connectivity index (χ3n) is 3.05. The van der Waals surface area contributed by atoms with Crippen molar-refractivity contribution in [3.8, 4) is 5.75 Å². The lowest BCUT2D eigenvalue weighted by atomic mass is 10.1. The van der Waals surface area contributed by atoms with Crippen LogP contribution in [0.5, 0.6) is 5.75 Å². The standard InChI is InChI=1S/C17H14BrNO2/c1-12-8-14(16(20)10-18)6-7-17(12)21-11-13-4-3-5-15(9-13)19-2/h3-9H,10-11H2,1H3. The van der Waals surface area contributed by atoms with E-state index < -0.39 is 0 Å². The molecule has 4 heteroatoms. The minimum absolute atomic E-state index is 0.0504. The number of carbonyl (C=O) groups excluding carboxylic acids is 1.